The lowest BCUT2D eigenvalue weighted by Crippen LogP contribution is -2.37. The zero-order valence-corrected chi connectivity index (χ0v) is 19.8. The fraction of sp³-hybridized carbons (Fsp3) is 0.700. The molecule has 1 saturated heterocycles. The van der Waals surface area contributed by atoms with E-state index in [1.54, 1.807) is 11.8 Å². The summed E-state index contributed by atoms with van der Waals surface area (Å²) in [7, 11) is 0. The van der Waals surface area contributed by atoms with E-state index in [2.05, 4.69) is 12.6 Å². The molecule has 1 unspecified atom stereocenters. The summed E-state index contributed by atoms with van der Waals surface area (Å²) in [4.78, 5) is 47.6. The first-order valence-corrected chi connectivity index (χ1v) is 11.0. The molecule has 0 N–H and O–H groups in total. The molecular weight excluding hydrogens is 396 g/mol. The van der Waals surface area contributed by atoms with Crippen molar-refractivity contribution in [3.63, 3.8) is 0 Å². The van der Waals surface area contributed by atoms with Crippen molar-refractivity contribution < 1.29 is 19.2 Å². The van der Waals surface area contributed by atoms with E-state index in [4.69, 9.17) is 0 Å². The number of rotatable bonds is 4. The van der Waals surface area contributed by atoms with Gasteiger partial charge in [0.15, 0.2) is 0 Å². The predicted molar refractivity (Wildman–Crippen MR) is 118 cm³/mol. The standard InChI is InChI=1S/C10H17NO2S.C7H9NO2.C3H8S/c1-6(2)11-9(12)5-8(10(11)13)14-7(3)4;1-5(2)8-6(9)3-4-7(8)10;1-3(2)4/h6-8H,5H2,1-4H3;3-5H,1-2H3;3-4H,1-2H3. The molecule has 160 valence electrons. The molecule has 0 aromatic carbocycles. The zero-order valence-electron chi connectivity index (χ0n) is 18.1. The molecule has 2 rings (SSSR count). The Morgan fingerprint density at radius 1 is 0.857 bits per heavy atom. The number of nitrogens with zero attached hydrogens (tertiary/aromatic N) is 2. The molecule has 0 aliphatic carbocycles. The summed E-state index contributed by atoms with van der Waals surface area (Å²) in [6, 6.07) is -0.0391. The highest BCUT2D eigenvalue weighted by molar-refractivity contribution is 8.01. The van der Waals surface area contributed by atoms with Crippen molar-refractivity contribution in [2.75, 3.05) is 0 Å². The topological polar surface area (TPSA) is 74.8 Å². The maximum atomic E-state index is 11.8. The number of thiol groups is 1. The van der Waals surface area contributed by atoms with Crippen LogP contribution in [0.3, 0.4) is 0 Å². The van der Waals surface area contributed by atoms with Crippen LogP contribution in [0.15, 0.2) is 12.2 Å². The quantitative estimate of drug-likeness (QED) is 0.547. The number of hydrogen-bond acceptors (Lipinski definition) is 6. The van der Waals surface area contributed by atoms with Gasteiger partial charge in [0, 0.05) is 30.7 Å². The molecule has 1 fully saturated rings. The smallest absolute Gasteiger partial charge is 0.253 e. The van der Waals surface area contributed by atoms with E-state index < -0.39 is 0 Å². The SMILES string of the molecule is CC(C)N1C(=O)C=CC1=O.CC(C)S.CC(C)SC1CC(=O)N(C(C)C)C1=O. The number of imide groups is 2. The van der Waals surface area contributed by atoms with Crippen molar-refractivity contribution in [3.05, 3.63) is 12.2 Å². The second-order valence-electron chi connectivity index (χ2n) is 7.64. The van der Waals surface area contributed by atoms with Crippen LogP contribution in [0.2, 0.25) is 0 Å². The van der Waals surface area contributed by atoms with E-state index in [1.165, 1.54) is 22.0 Å². The first-order valence-electron chi connectivity index (χ1n) is 9.54. The average molecular weight is 431 g/mol. The highest BCUT2D eigenvalue weighted by Crippen LogP contribution is 2.29. The first-order chi connectivity index (χ1) is 12.8. The van der Waals surface area contributed by atoms with Crippen LogP contribution in [0.4, 0.5) is 0 Å². The van der Waals surface area contributed by atoms with E-state index in [-0.39, 0.29) is 41.0 Å². The van der Waals surface area contributed by atoms with E-state index in [9.17, 15) is 19.2 Å². The summed E-state index contributed by atoms with van der Waals surface area (Å²) in [5, 5.41) is 0.772. The maximum Gasteiger partial charge on any atom is 0.253 e. The summed E-state index contributed by atoms with van der Waals surface area (Å²) >= 11 is 5.55. The molecule has 0 spiro atoms. The molecule has 2 aliphatic rings. The minimum atomic E-state index is -0.208. The molecular formula is C20H34N2O4S2. The second-order valence-corrected chi connectivity index (χ2v) is 10.5. The third kappa shape index (κ3) is 8.82. The van der Waals surface area contributed by atoms with Crippen molar-refractivity contribution >= 4 is 48.0 Å². The number of carbonyl (C=O) groups is 4. The van der Waals surface area contributed by atoms with Crippen LogP contribution in [0.25, 0.3) is 0 Å². The zero-order chi connectivity index (χ0) is 22.2. The number of hydrogen-bond donors (Lipinski definition) is 1. The normalized spacial score (nSPS) is 19.1. The number of amides is 4. The van der Waals surface area contributed by atoms with Gasteiger partial charge in [-0.25, -0.2) is 0 Å². The van der Waals surface area contributed by atoms with E-state index in [0.717, 1.165) is 0 Å². The van der Waals surface area contributed by atoms with Crippen LogP contribution in [-0.4, -0.2) is 61.3 Å². The van der Waals surface area contributed by atoms with Crippen molar-refractivity contribution in [2.45, 2.75) is 89.6 Å². The first kappa shape index (κ1) is 26.7. The lowest BCUT2D eigenvalue weighted by molar-refractivity contribution is -0.141. The Labute approximate surface area is 178 Å². The van der Waals surface area contributed by atoms with Gasteiger partial charge in [0.05, 0.1) is 5.25 Å². The number of thioether (sulfide) groups is 1. The molecule has 0 radical (unpaired) electrons. The van der Waals surface area contributed by atoms with Crippen LogP contribution in [-0.2, 0) is 19.2 Å². The van der Waals surface area contributed by atoms with Crippen LogP contribution >= 0.6 is 24.4 Å². The fourth-order valence-corrected chi connectivity index (χ4v) is 3.65. The molecule has 2 aliphatic heterocycles. The molecule has 0 bridgehead atoms. The molecule has 6 nitrogen and oxygen atoms in total. The van der Waals surface area contributed by atoms with Gasteiger partial charge >= 0.3 is 0 Å². The Kier molecular flexibility index (Phi) is 11.8. The van der Waals surface area contributed by atoms with Gasteiger partial charge in [-0.3, -0.25) is 29.0 Å². The van der Waals surface area contributed by atoms with Crippen molar-refractivity contribution in [3.8, 4) is 0 Å². The largest absolute Gasteiger partial charge is 0.279 e. The van der Waals surface area contributed by atoms with Gasteiger partial charge in [-0.15, -0.1) is 11.8 Å². The lowest BCUT2D eigenvalue weighted by Gasteiger charge is -2.19. The fourth-order valence-electron chi connectivity index (χ4n) is 2.52. The van der Waals surface area contributed by atoms with Gasteiger partial charge in [-0.1, -0.05) is 27.7 Å². The Morgan fingerprint density at radius 2 is 1.25 bits per heavy atom. The molecule has 0 aromatic rings. The number of carbonyl (C=O) groups excluding carboxylic acids is 4. The van der Waals surface area contributed by atoms with E-state index in [0.29, 0.717) is 16.9 Å². The van der Waals surface area contributed by atoms with Crippen LogP contribution in [0, 0.1) is 0 Å². The van der Waals surface area contributed by atoms with Crippen molar-refractivity contribution in [2.24, 2.45) is 0 Å². The monoisotopic (exact) mass is 430 g/mol. The molecule has 1 atom stereocenters. The third-order valence-corrected chi connectivity index (χ3v) is 4.70. The van der Waals surface area contributed by atoms with Crippen LogP contribution in [0.5, 0.6) is 0 Å². The van der Waals surface area contributed by atoms with Crippen molar-refractivity contribution in [1.29, 1.82) is 0 Å². The third-order valence-electron chi connectivity index (χ3n) is 3.45. The number of likely N-dealkylation sites (tertiary alicyclic amines) is 1. The van der Waals surface area contributed by atoms with Crippen LogP contribution < -0.4 is 0 Å². The van der Waals surface area contributed by atoms with Gasteiger partial charge < -0.3 is 0 Å². The highest BCUT2D eigenvalue weighted by atomic mass is 32.2. The highest BCUT2D eigenvalue weighted by Gasteiger charge is 2.40. The molecule has 28 heavy (non-hydrogen) atoms. The second kappa shape index (κ2) is 12.3. The minimum Gasteiger partial charge on any atom is -0.279 e. The lowest BCUT2D eigenvalue weighted by atomic mass is 10.3. The van der Waals surface area contributed by atoms with Gasteiger partial charge in [0.2, 0.25) is 11.8 Å². The van der Waals surface area contributed by atoms with E-state index >= 15 is 0 Å². The van der Waals surface area contributed by atoms with Crippen molar-refractivity contribution in [1.82, 2.24) is 9.80 Å². The average Bonchev–Trinajstić information content (AvgIpc) is 2.98. The maximum absolute atomic E-state index is 11.8. The van der Waals surface area contributed by atoms with Gasteiger partial charge in [-0.05, 0) is 38.2 Å². The summed E-state index contributed by atoms with van der Waals surface area (Å²) in [6.45, 7) is 15.5. The Balaban J connectivity index is 0.000000454. The summed E-state index contributed by atoms with van der Waals surface area (Å²) in [5.74, 6) is -0.452. The molecule has 8 heteroatoms. The van der Waals surface area contributed by atoms with E-state index in [1.807, 2.05) is 55.4 Å². The van der Waals surface area contributed by atoms with Gasteiger partial charge in [0.25, 0.3) is 11.8 Å². The van der Waals surface area contributed by atoms with Crippen LogP contribution in [0.1, 0.15) is 61.8 Å². The Hall–Kier alpha value is -1.28. The summed E-state index contributed by atoms with van der Waals surface area (Å²) in [5.41, 5.74) is 0. The predicted octanol–water partition coefficient (Wildman–Crippen LogP) is 3.31. The molecule has 4 amide bonds. The summed E-state index contributed by atoms with van der Waals surface area (Å²) in [6.07, 6.45) is 2.96. The Bertz CT molecular complexity index is 580. The van der Waals surface area contributed by atoms with Gasteiger partial charge in [-0.2, -0.15) is 12.6 Å². The van der Waals surface area contributed by atoms with Gasteiger partial charge in [0.1, 0.15) is 0 Å². The molecule has 2 heterocycles. The summed E-state index contributed by atoms with van der Waals surface area (Å²) < 4.78 is 0. The molecule has 0 aromatic heterocycles. The minimum absolute atomic E-state index is 0.00670. The molecule has 0 saturated carbocycles. The Morgan fingerprint density at radius 3 is 1.50 bits per heavy atom.